The van der Waals surface area contributed by atoms with Crippen LogP contribution >= 0.6 is 11.3 Å². The van der Waals surface area contributed by atoms with Crippen LogP contribution in [0.4, 0.5) is 5.69 Å². The molecule has 0 atom stereocenters. The van der Waals surface area contributed by atoms with E-state index in [0.29, 0.717) is 10.6 Å². The van der Waals surface area contributed by atoms with Crippen molar-refractivity contribution in [2.45, 2.75) is 53.4 Å². The first-order valence-corrected chi connectivity index (χ1v) is 10.1. The number of nitrogen functional groups attached to an aromatic ring is 1. The summed E-state index contributed by atoms with van der Waals surface area (Å²) in [6.45, 7) is 10.5. The third-order valence-electron chi connectivity index (χ3n) is 3.59. The maximum atomic E-state index is 11.3. The van der Waals surface area contributed by atoms with Crippen LogP contribution in [0.1, 0.15) is 67.9 Å². The van der Waals surface area contributed by atoms with Crippen LogP contribution in [0.5, 0.6) is 0 Å². The number of hydrogen-bond donors (Lipinski definition) is 1. The summed E-state index contributed by atoms with van der Waals surface area (Å²) in [6.07, 6.45) is 5.20. The van der Waals surface area contributed by atoms with Gasteiger partial charge in [-0.25, -0.2) is 4.79 Å². The molecule has 0 unspecified atom stereocenters. The fraction of sp³-hybridized carbons (Fsp3) is 0.619. The van der Waals surface area contributed by atoms with Gasteiger partial charge in [0.15, 0.2) is 0 Å². The second-order valence-electron chi connectivity index (χ2n) is 7.30. The molecule has 0 aliphatic carbocycles. The number of carbonyl (C=O) groups excluding carboxylic acids is 2. The normalized spacial score (nSPS) is 10.5. The Morgan fingerprint density at radius 2 is 2.00 bits per heavy atom. The van der Waals surface area contributed by atoms with Crippen molar-refractivity contribution in [2.75, 3.05) is 33.0 Å². The molecule has 0 saturated carbocycles. The van der Waals surface area contributed by atoms with Gasteiger partial charge in [-0.05, 0) is 59.8 Å². The second-order valence-corrected chi connectivity index (χ2v) is 8.35. The maximum Gasteiger partial charge on any atom is 0.350 e. The molecule has 27 heavy (non-hydrogen) atoms. The molecular weight excluding hydrogens is 360 g/mol. The number of ether oxygens (including phenoxy) is 1. The van der Waals surface area contributed by atoms with Gasteiger partial charge >= 0.3 is 5.97 Å². The number of esters is 1. The van der Waals surface area contributed by atoms with E-state index in [1.54, 1.807) is 6.07 Å². The monoisotopic (exact) mass is 394 g/mol. The van der Waals surface area contributed by atoms with E-state index in [1.807, 2.05) is 20.8 Å². The van der Waals surface area contributed by atoms with Crippen LogP contribution in [-0.4, -0.2) is 44.4 Å². The first-order chi connectivity index (χ1) is 12.6. The highest BCUT2D eigenvalue weighted by atomic mass is 32.1. The molecule has 0 saturated heterocycles. The van der Waals surface area contributed by atoms with Crippen molar-refractivity contribution < 1.29 is 14.3 Å². The number of methoxy groups -OCH3 is 1. The summed E-state index contributed by atoms with van der Waals surface area (Å²) in [5, 5.41) is 0. The lowest BCUT2D eigenvalue weighted by Gasteiger charge is -2.12. The Morgan fingerprint density at radius 3 is 2.52 bits per heavy atom. The predicted octanol–water partition coefficient (Wildman–Crippen LogP) is 4.21. The number of carbonyl (C=O) groups is 2. The molecule has 1 aromatic rings. The number of unbranched alkanes of at least 4 members (excludes halogenated alkanes) is 3. The van der Waals surface area contributed by atoms with Gasteiger partial charge in [-0.1, -0.05) is 25.2 Å². The van der Waals surface area contributed by atoms with Gasteiger partial charge in [0.1, 0.15) is 11.2 Å². The molecule has 1 rings (SSSR count). The van der Waals surface area contributed by atoms with Gasteiger partial charge in [0.05, 0.1) is 17.7 Å². The molecule has 0 spiro atoms. The molecule has 6 heteroatoms. The number of aldehydes is 1. The number of anilines is 1. The quantitative estimate of drug-likeness (QED) is 0.309. The van der Waals surface area contributed by atoms with E-state index < -0.39 is 5.97 Å². The van der Waals surface area contributed by atoms with Gasteiger partial charge in [-0.3, -0.25) is 0 Å². The smallest absolute Gasteiger partial charge is 0.350 e. The standard InChI is InChI=1S/C12H15NO2S.C9H19NO/c1-12(2,3)6-5-8-7-9(13)10(16-8)11(14)15-4;1-3-10(2)8-6-4-5-7-9-11/h7H,13H2,1-4H3;9H,3-8H2,1-2H3. The summed E-state index contributed by atoms with van der Waals surface area (Å²) in [5.74, 6) is 5.68. The number of nitrogens with two attached hydrogens (primary N) is 1. The van der Waals surface area contributed by atoms with Crippen molar-refractivity contribution >= 4 is 29.3 Å². The van der Waals surface area contributed by atoms with Gasteiger partial charge in [0.2, 0.25) is 0 Å². The van der Waals surface area contributed by atoms with E-state index >= 15 is 0 Å². The Kier molecular flexibility index (Phi) is 12.4. The third-order valence-corrected chi connectivity index (χ3v) is 4.64. The fourth-order valence-corrected chi connectivity index (χ4v) is 2.76. The highest BCUT2D eigenvalue weighted by Gasteiger charge is 2.14. The lowest BCUT2D eigenvalue weighted by molar-refractivity contribution is -0.107. The summed E-state index contributed by atoms with van der Waals surface area (Å²) >= 11 is 1.26. The first-order valence-electron chi connectivity index (χ1n) is 9.27. The SMILES string of the molecule is CCN(C)CCCCCC=O.COC(=O)c1sc(C#CC(C)(C)C)cc1N. The topological polar surface area (TPSA) is 72.6 Å². The van der Waals surface area contributed by atoms with Gasteiger partial charge < -0.3 is 20.2 Å². The molecule has 1 aromatic heterocycles. The summed E-state index contributed by atoms with van der Waals surface area (Å²) < 4.78 is 4.62. The van der Waals surface area contributed by atoms with E-state index in [4.69, 9.17) is 5.73 Å². The van der Waals surface area contributed by atoms with Crippen molar-refractivity contribution in [3.63, 3.8) is 0 Å². The largest absolute Gasteiger partial charge is 0.465 e. The van der Waals surface area contributed by atoms with Crippen LogP contribution in [0.3, 0.4) is 0 Å². The van der Waals surface area contributed by atoms with E-state index in [2.05, 4.69) is 35.4 Å². The van der Waals surface area contributed by atoms with Crippen LogP contribution in [-0.2, 0) is 9.53 Å². The molecule has 0 aromatic carbocycles. The second kappa shape index (κ2) is 13.3. The minimum Gasteiger partial charge on any atom is -0.465 e. The van der Waals surface area contributed by atoms with Crippen molar-refractivity contribution in [3.05, 3.63) is 15.8 Å². The molecule has 0 radical (unpaired) electrons. The van der Waals surface area contributed by atoms with Crippen LogP contribution < -0.4 is 5.73 Å². The number of hydrogen-bond acceptors (Lipinski definition) is 6. The molecular formula is C21H34N2O3S. The van der Waals surface area contributed by atoms with E-state index in [9.17, 15) is 9.59 Å². The summed E-state index contributed by atoms with van der Waals surface area (Å²) in [7, 11) is 3.46. The number of rotatable bonds is 8. The van der Waals surface area contributed by atoms with Gasteiger partial charge in [-0.15, -0.1) is 11.3 Å². The summed E-state index contributed by atoms with van der Waals surface area (Å²) in [4.78, 5) is 24.8. The molecule has 0 aliphatic heterocycles. The van der Waals surface area contributed by atoms with Crippen molar-refractivity contribution in [1.29, 1.82) is 0 Å². The maximum absolute atomic E-state index is 11.3. The zero-order valence-corrected chi connectivity index (χ0v) is 18.4. The zero-order chi connectivity index (χ0) is 20.9. The summed E-state index contributed by atoms with van der Waals surface area (Å²) in [6, 6.07) is 1.70. The highest BCUT2D eigenvalue weighted by molar-refractivity contribution is 7.15. The lowest BCUT2D eigenvalue weighted by atomic mass is 9.98. The Labute approximate surface area is 168 Å². The zero-order valence-electron chi connectivity index (χ0n) is 17.6. The van der Waals surface area contributed by atoms with E-state index in [0.717, 1.165) is 37.1 Å². The van der Waals surface area contributed by atoms with E-state index in [1.165, 1.54) is 31.3 Å². The third kappa shape index (κ3) is 12.2. The minimum absolute atomic E-state index is 0.0653. The summed E-state index contributed by atoms with van der Waals surface area (Å²) in [5.41, 5.74) is 6.06. The van der Waals surface area contributed by atoms with Crippen molar-refractivity contribution in [2.24, 2.45) is 5.41 Å². The molecule has 0 amide bonds. The lowest BCUT2D eigenvalue weighted by Crippen LogP contribution is -2.18. The average Bonchev–Trinajstić information content (AvgIpc) is 2.99. The molecule has 1 heterocycles. The van der Waals surface area contributed by atoms with Crippen molar-refractivity contribution in [3.8, 4) is 11.8 Å². The van der Waals surface area contributed by atoms with Crippen molar-refractivity contribution in [1.82, 2.24) is 4.90 Å². The Morgan fingerprint density at radius 1 is 1.33 bits per heavy atom. The predicted molar refractivity (Wildman–Crippen MR) is 114 cm³/mol. The molecule has 0 aliphatic rings. The molecule has 0 bridgehead atoms. The molecule has 0 fully saturated rings. The van der Waals surface area contributed by atoms with Crippen LogP contribution in [0.15, 0.2) is 6.07 Å². The van der Waals surface area contributed by atoms with Gasteiger partial charge in [-0.2, -0.15) is 0 Å². The minimum atomic E-state index is -0.411. The number of nitrogens with zero attached hydrogens (tertiary/aromatic N) is 1. The van der Waals surface area contributed by atoms with Crippen LogP contribution in [0.2, 0.25) is 0 Å². The first kappa shape index (κ1) is 25.2. The Hall–Kier alpha value is -1.84. The Bertz CT molecular complexity index is 636. The van der Waals surface area contributed by atoms with Gasteiger partial charge in [0, 0.05) is 11.8 Å². The van der Waals surface area contributed by atoms with Gasteiger partial charge in [0.25, 0.3) is 0 Å². The average molecular weight is 395 g/mol. The molecule has 2 N–H and O–H groups in total. The fourth-order valence-electron chi connectivity index (χ4n) is 1.91. The molecule has 5 nitrogen and oxygen atoms in total. The van der Waals surface area contributed by atoms with Crippen LogP contribution in [0.25, 0.3) is 0 Å². The number of thiophene rings is 1. The van der Waals surface area contributed by atoms with Crippen LogP contribution in [0, 0.1) is 17.3 Å². The highest BCUT2D eigenvalue weighted by Crippen LogP contribution is 2.25. The molecule has 152 valence electrons. The van der Waals surface area contributed by atoms with E-state index in [-0.39, 0.29) is 5.41 Å². The Balaban J connectivity index is 0.000000541.